The van der Waals surface area contributed by atoms with Gasteiger partial charge in [0, 0.05) is 12.8 Å². The monoisotopic (exact) mass is 264 g/mol. The molecule has 104 valence electrons. The summed E-state index contributed by atoms with van der Waals surface area (Å²) in [7, 11) is 1.59. The van der Waals surface area contributed by atoms with Gasteiger partial charge in [-0.3, -0.25) is 0 Å². The van der Waals surface area contributed by atoms with Gasteiger partial charge in [-0.15, -0.1) is 0 Å². The lowest BCUT2D eigenvalue weighted by molar-refractivity contribution is -0.890. The molecule has 1 saturated heterocycles. The molecule has 1 N–H and O–H groups in total. The minimum atomic E-state index is -0.273. The van der Waals surface area contributed by atoms with Crippen molar-refractivity contribution in [2.45, 2.75) is 25.9 Å². The minimum absolute atomic E-state index is 0.0493. The summed E-state index contributed by atoms with van der Waals surface area (Å²) in [5, 5.41) is 0. The van der Waals surface area contributed by atoms with E-state index in [1.54, 1.807) is 25.3 Å². The SMILES string of the molecule is COc1cccc(C(=O)O[C@H](C)C[NH+]2CCCC2)c1. The van der Waals surface area contributed by atoms with Crippen LogP contribution in [-0.2, 0) is 4.74 Å². The minimum Gasteiger partial charge on any atom is -0.497 e. The number of likely N-dealkylation sites (tertiary alicyclic amines) is 1. The van der Waals surface area contributed by atoms with Crippen LogP contribution in [0.5, 0.6) is 5.75 Å². The molecule has 4 heteroatoms. The highest BCUT2D eigenvalue weighted by Crippen LogP contribution is 2.13. The maximum Gasteiger partial charge on any atom is 0.338 e. The Hall–Kier alpha value is -1.55. The van der Waals surface area contributed by atoms with Gasteiger partial charge < -0.3 is 14.4 Å². The number of esters is 1. The Balaban J connectivity index is 1.88. The second kappa shape index (κ2) is 6.57. The summed E-state index contributed by atoms with van der Waals surface area (Å²) in [6.07, 6.45) is 2.52. The number of rotatable bonds is 5. The summed E-state index contributed by atoms with van der Waals surface area (Å²) in [6.45, 7) is 5.25. The van der Waals surface area contributed by atoms with Gasteiger partial charge in [0.2, 0.25) is 0 Å². The van der Waals surface area contributed by atoms with Gasteiger partial charge in [0.05, 0.1) is 25.8 Å². The van der Waals surface area contributed by atoms with E-state index in [0.717, 1.165) is 6.54 Å². The lowest BCUT2D eigenvalue weighted by Crippen LogP contribution is -3.11. The lowest BCUT2D eigenvalue weighted by Gasteiger charge is -2.18. The van der Waals surface area contributed by atoms with Gasteiger partial charge in [0.1, 0.15) is 18.4 Å². The third-order valence-corrected chi connectivity index (χ3v) is 3.50. The Labute approximate surface area is 114 Å². The molecule has 2 rings (SSSR count). The molecule has 4 nitrogen and oxygen atoms in total. The summed E-state index contributed by atoms with van der Waals surface area (Å²) >= 11 is 0. The van der Waals surface area contributed by atoms with Crippen molar-refractivity contribution in [3.05, 3.63) is 29.8 Å². The molecule has 0 bridgehead atoms. The van der Waals surface area contributed by atoms with Crippen molar-refractivity contribution < 1.29 is 19.2 Å². The molecule has 1 aromatic rings. The first kappa shape index (κ1) is 13.9. The highest BCUT2D eigenvalue weighted by Gasteiger charge is 2.21. The van der Waals surface area contributed by atoms with Gasteiger partial charge >= 0.3 is 5.97 Å². The molecule has 1 aromatic carbocycles. The van der Waals surface area contributed by atoms with Crippen LogP contribution in [0.4, 0.5) is 0 Å². The van der Waals surface area contributed by atoms with E-state index in [1.807, 2.05) is 13.0 Å². The van der Waals surface area contributed by atoms with E-state index in [9.17, 15) is 4.79 Å². The van der Waals surface area contributed by atoms with Crippen LogP contribution in [0.15, 0.2) is 24.3 Å². The van der Waals surface area contributed by atoms with Crippen molar-refractivity contribution >= 4 is 5.97 Å². The third-order valence-electron chi connectivity index (χ3n) is 3.50. The zero-order valence-electron chi connectivity index (χ0n) is 11.6. The number of hydrogen-bond donors (Lipinski definition) is 1. The fourth-order valence-electron chi connectivity index (χ4n) is 2.53. The Morgan fingerprint density at radius 2 is 2.11 bits per heavy atom. The third kappa shape index (κ3) is 3.96. The van der Waals surface area contributed by atoms with E-state index in [1.165, 1.54) is 30.8 Å². The lowest BCUT2D eigenvalue weighted by atomic mass is 10.2. The van der Waals surface area contributed by atoms with Crippen molar-refractivity contribution in [3.8, 4) is 5.75 Å². The molecule has 0 unspecified atom stereocenters. The van der Waals surface area contributed by atoms with E-state index < -0.39 is 0 Å². The van der Waals surface area contributed by atoms with Crippen LogP contribution in [0.2, 0.25) is 0 Å². The second-order valence-corrected chi connectivity index (χ2v) is 5.11. The van der Waals surface area contributed by atoms with Gasteiger partial charge in [-0.05, 0) is 25.1 Å². The maximum atomic E-state index is 12.0. The van der Waals surface area contributed by atoms with Crippen LogP contribution in [0, 0.1) is 0 Å². The molecule has 1 atom stereocenters. The molecule has 0 aliphatic carbocycles. The number of methoxy groups -OCH3 is 1. The molecule has 0 spiro atoms. The number of quaternary nitrogens is 1. The standard InChI is InChI=1S/C15H21NO3/c1-12(11-16-8-3-4-9-16)19-15(17)13-6-5-7-14(10-13)18-2/h5-7,10,12H,3-4,8-9,11H2,1-2H3/p+1/t12-/m1/s1. The van der Waals surface area contributed by atoms with Gasteiger partial charge in [-0.1, -0.05) is 6.07 Å². The first-order chi connectivity index (χ1) is 9.19. The maximum absolute atomic E-state index is 12.0. The number of nitrogens with one attached hydrogen (secondary N) is 1. The predicted molar refractivity (Wildman–Crippen MR) is 72.7 cm³/mol. The Bertz CT molecular complexity index is 427. The molecule has 0 saturated carbocycles. The molecule has 0 amide bonds. The highest BCUT2D eigenvalue weighted by atomic mass is 16.5. The van der Waals surface area contributed by atoms with E-state index in [2.05, 4.69) is 0 Å². The van der Waals surface area contributed by atoms with E-state index in [-0.39, 0.29) is 12.1 Å². The topological polar surface area (TPSA) is 40.0 Å². The highest BCUT2D eigenvalue weighted by molar-refractivity contribution is 5.89. The van der Waals surface area contributed by atoms with Gasteiger partial charge in [-0.2, -0.15) is 0 Å². The Morgan fingerprint density at radius 1 is 1.37 bits per heavy atom. The summed E-state index contributed by atoms with van der Waals surface area (Å²) < 4.78 is 10.6. The van der Waals surface area contributed by atoms with Crippen LogP contribution >= 0.6 is 0 Å². The Morgan fingerprint density at radius 3 is 2.79 bits per heavy atom. The van der Waals surface area contributed by atoms with Crippen LogP contribution in [0.3, 0.4) is 0 Å². The normalized spacial score (nSPS) is 17.2. The molecule has 0 radical (unpaired) electrons. The summed E-state index contributed by atoms with van der Waals surface area (Å²) in [5.74, 6) is 0.400. The van der Waals surface area contributed by atoms with Crippen LogP contribution in [0.25, 0.3) is 0 Å². The molecular weight excluding hydrogens is 242 g/mol. The zero-order valence-corrected chi connectivity index (χ0v) is 11.6. The summed E-state index contributed by atoms with van der Waals surface area (Å²) in [6, 6.07) is 7.07. The van der Waals surface area contributed by atoms with Crippen LogP contribution in [-0.4, -0.2) is 38.8 Å². The predicted octanol–water partition coefficient (Wildman–Crippen LogP) is 0.919. The van der Waals surface area contributed by atoms with Crippen molar-refractivity contribution in [1.82, 2.24) is 0 Å². The van der Waals surface area contributed by atoms with Crippen LogP contribution < -0.4 is 9.64 Å². The molecule has 19 heavy (non-hydrogen) atoms. The molecule has 1 fully saturated rings. The van der Waals surface area contributed by atoms with Crippen molar-refractivity contribution in [2.24, 2.45) is 0 Å². The largest absolute Gasteiger partial charge is 0.497 e. The number of ether oxygens (including phenoxy) is 2. The quantitative estimate of drug-likeness (QED) is 0.804. The number of hydrogen-bond acceptors (Lipinski definition) is 3. The Kier molecular flexibility index (Phi) is 4.80. The smallest absolute Gasteiger partial charge is 0.338 e. The number of carbonyl (C=O) groups is 1. The van der Waals surface area contributed by atoms with Crippen molar-refractivity contribution in [2.75, 3.05) is 26.7 Å². The average Bonchev–Trinajstić information content (AvgIpc) is 2.91. The van der Waals surface area contributed by atoms with Gasteiger partial charge in [0.25, 0.3) is 0 Å². The van der Waals surface area contributed by atoms with Crippen molar-refractivity contribution in [1.29, 1.82) is 0 Å². The zero-order chi connectivity index (χ0) is 13.7. The molecule has 1 aliphatic rings. The molecular formula is C15H22NO3+. The summed E-state index contributed by atoms with van der Waals surface area (Å²) in [5.41, 5.74) is 0.544. The molecule has 1 aliphatic heterocycles. The molecule has 1 heterocycles. The van der Waals surface area contributed by atoms with Crippen molar-refractivity contribution in [3.63, 3.8) is 0 Å². The summed E-state index contributed by atoms with van der Waals surface area (Å²) in [4.78, 5) is 13.5. The number of benzene rings is 1. The van der Waals surface area contributed by atoms with Gasteiger partial charge in [-0.25, -0.2) is 4.79 Å². The van der Waals surface area contributed by atoms with E-state index in [0.29, 0.717) is 11.3 Å². The first-order valence-corrected chi connectivity index (χ1v) is 6.87. The fraction of sp³-hybridized carbons (Fsp3) is 0.533. The molecule has 0 aromatic heterocycles. The van der Waals surface area contributed by atoms with Crippen LogP contribution in [0.1, 0.15) is 30.1 Å². The van der Waals surface area contributed by atoms with Gasteiger partial charge in [0.15, 0.2) is 0 Å². The number of carbonyl (C=O) groups excluding carboxylic acids is 1. The van der Waals surface area contributed by atoms with E-state index >= 15 is 0 Å². The second-order valence-electron chi connectivity index (χ2n) is 5.11. The average molecular weight is 264 g/mol. The first-order valence-electron chi connectivity index (χ1n) is 6.87. The fourth-order valence-corrected chi connectivity index (χ4v) is 2.53. The van der Waals surface area contributed by atoms with E-state index in [4.69, 9.17) is 9.47 Å².